The van der Waals surface area contributed by atoms with Crippen LogP contribution in [-0.2, 0) is 9.59 Å². The topological polar surface area (TPSA) is 49.4 Å². The van der Waals surface area contributed by atoms with E-state index in [-0.39, 0.29) is 11.8 Å². The maximum Gasteiger partial charge on any atom is 0.233 e. The van der Waals surface area contributed by atoms with Crippen LogP contribution in [0, 0.1) is 5.92 Å². The van der Waals surface area contributed by atoms with E-state index in [9.17, 15) is 9.59 Å². The van der Waals surface area contributed by atoms with Crippen LogP contribution in [0.5, 0.6) is 0 Å². The van der Waals surface area contributed by atoms with Gasteiger partial charge in [0.1, 0.15) is 5.78 Å². The first-order valence-electron chi connectivity index (χ1n) is 6.69. The number of hydrogen-bond donors (Lipinski definition) is 1. The quantitative estimate of drug-likeness (QED) is 0.796. The number of nitrogens with zero attached hydrogens (tertiary/aromatic N) is 1. The molecule has 2 rings (SSSR count). The van der Waals surface area contributed by atoms with E-state index in [1.807, 2.05) is 0 Å². The van der Waals surface area contributed by atoms with Gasteiger partial charge in [0.25, 0.3) is 0 Å². The van der Waals surface area contributed by atoms with E-state index in [0.717, 1.165) is 38.6 Å². The van der Waals surface area contributed by atoms with Crippen LogP contribution in [0.2, 0.25) is 0 Å². The summed E-state index contributed by atoms with van der Waals surface area (Å²) in [6.45, 7) is 1.41. The Balaban J connectivity index is 1.98. The minimum Gasteiger partial charge on any atom is -0.358 e. The van der Waals surface area contributed by atoms with Crippen LogP contribution in [0.25, 0.3) is 0 Å². The van der Waals surface area contributed by atoms with Gasteiger partial charge in [0, 0.05) is 25.4 Å². The summed E-state index contributed by atoms with van der Waals surface area (Å²) in [6.07, 6.45) is 6.18. The Morgan fingerprint density at radius 3 is 2.88 bits per heavy atom. The molecule has 1 N–H and O–H groups in total. The zero-order chi connectivity index (χ0) is 12.3. The second kappa shape index (κ2) is 5.63. The summed E-state index contributed by atoms with van der Waals surface area (Å²) >= 11 is 0. The van der Waals surface area contributed by atoms with Gasteiger partial charge >= 0.3 is 0 Å². The van der Waals surface area contributed by atoms with Crippen molar-refractivity contribution in [3.63, 3.8) is 0 Å². The number of likely N-dealkylation sites (N-methyl/N-ethyl adjacent to an activating group) is 1. The molecule has 4 heteroatoms. The Bertz CT molecular complexity index is 304. The molecule has 17 heavy (non-hydrogen) atoms. The third-order valence-corrected chi connectivity index (χ3v) is 4.11. The number of Topliss-reactive ketones (excluding diaryl/α,β-unsaturated/α-hetero) is 1. The zero-order valence-corrected chi connectivity index (χ0v) is 10.6. The van der Waals surface area contributed by atoms with E-state index in [1.54, 1.807) is 7.05 Å². The molecule has 2 aliphatic rings. The molecule has 1 saturated heterocycles. The standard InChI is InChI=1S/C13H22N2O2/c1-14-13(17)9-15-8-4-6-11(15)10-5-2-3-7-12(10)16/h10-11H,2-9H2,1H3,(H,14,17). The molecule has 96 valence electrons. The van der Waals surface area contributed by atoms with Crippen molar-refractivity contribution in [2.24, 2.45) is 5.92 Å². The summed E-state index contributed by atoms with van der Waals surface area (Å²) in [4.78, 5) is 25.6. The van der Waals surface area contributed by atoms with Crippen LogP contribution in [-0.4, -0.2) is 42.8 Å². The molecule has 0 aromatic carbocycles. The van der Waals surface area contributed by atoms with Crippen LogP contribution >= 0.6 is 0 Å². The van der Waals surface area contributed by atoms with E-state index >= 15 is 0 Å². The summed E-state index contributed by atoms with van der Waals surface area (Å²) in [5.74, 6) is 0.668. The number of carbonyl (C=O) groups is 2. The molecular formula is C13H22N2O2. The molecule has 0 spiro atoms. The van der Waals surface area contributed by atoms with E-state index in [1.165, 1.54) is 6.42 Å². The molecule has 0 aromatic rings. The first kappa shape index (κ1) is 12.6. The normalized spacial score (nSPS) is 30.5. The molecule has 4 nitrogen and oxygen atoms in total. The molecule has 2 unspecified atom stereocenters. The fraction of sp³-hybridized carbons (Fsp3) is 0.846. The maximum absolute atomic E-state index is 12.0. The number of amides is 1. The maximum atomic E-state index is 12.0. The SMILES string of the molecule is CNC(=O)CN1CCCC1C1CCCCC1=O. The number of hydrogen-bond acceptors (Lipinski definition) is 3. The first-order valence-corrected chi connectivity index (χ1v) is 6.69. The molecule has 0 radical (unpaired) electrons. The second-order valence-electron chi connectivity index (χ2n) is 5.17. The highest BCUT2D eigenvalue weighted by Gasteiger charge is 2.37. The average Bonchev–Trinajstić information content (AvgIpc) is 2.77. The lowest BCUT2D eigenvalue weighted by atomic mass is 9.82. The van der Waals surface area contributed by atoms with Gasteiger partial charge in [-0.05, 0) is 32.2 Å². The fourth-order valence-corrected chi connectivity index (χ4v) is 3.18. The molecular weight excluding hydrogens is 216 g/mol. The molecule has 1 saturated carbocycles. The van der Waals surface area contributed by atoms with Gasteiger partial charge in [0.2, 0.25) is 5.91 Å². The fourth-order valence-electron chi connectivity index (χ4n) is 3.18. The van der Waals surface area contributed by atoms with Crippen molar-refractivity contribution in [2.45, 2.75) is 44.6 Å². The molecule has 2 fully saturated rings. The van der Waals surface area contributed by atoms with E-state index in [2.05, 4.69) is 10.2 Å². The summed E-state index contributed by atoms with van der Waals surface area (Å²) in [7, 11) is 1.67. The monoisotopic (exact) mass is 238 g/mol. The summed E-state index contributed by atoms with van der Waals surface area (Å²) in [6, 6.07) is 0.320. The Morgan fingerprint density at radius 1 is 1.35 bits per heavy atom. The van der Waals surface area contributed by atoms with Gasteiger partial charge < -0.3 is 5.32 Å². The number of likely N-dealkylation sites (tertiary alicyclic amines) is 1. The lowest BCUT2D eigenvalue weighted by Gasteiger charge is -2.32. The van der Waals surface area contributed by atoms with Crippen molar-refractivity contribution in [2.75, 3.05) is 20.1 Å². The molecule has 1 heterocycles. The average molecular weight is 238 g/mol. The summed E-state index contributed by atoms with van der Waals surface area (Å²) < 4.78 is 0. The highest BCUT2D eigenvalue weighted by atomic mass is 16.2. The van der Waals surface area contributed by atoms with E-state index in [0.29, 0.717) is 18.4 Å². The van der Waals surface area contributed by atoms with Gasteiger partial charge in [-0.2, -0.15) is 0 Å². The number of carbonyl (C=O) groups excluding carboxylic acids is 2. The second-order valence-corrected chi connectivity index (χ2v) is 5.17. The van der Waals surface area contributed by atoms with Crippen molar-refractivity contribution in [1.82, 2.24) is 10.2 Å². The minimum atomic E-state index is 0.0557. The number of ketones is 1. The molecule has 1 aliphatic carbocycles. The van der Waals surface area contributed by atoms with Gasteiger partial charge in [-0.1, -0.05) is 6.42 Å². The Morgan fingerprint density at radius 2 is 2.18 bits per heavy atom. The predicted molar refractivity (Wildman–Crippen MR) is 65.6 cm³/mol. The van der Waals surface area contributed by atoms with Gasteiger partial charge in [-0.25, -0.2) is 0 Å². The van der Waals surface area contributed by atoms with Crippen LogP contribution in [0.15, 0.2) is 0 Å². The zero-order valence-electron chi connectivity index (χ0n) is 10.6. The van der Waals surface area contributed by atoms with Crippen molar-refractivity contribution in [3.05, 3.63) is 0 Å². The number of nitrogens with one attached hydrogen (secondary N) is 1. The highest BCUT2D eigenvalue weighted by molar-refractivity contribution is 5.82. The number of rotatable bonds is 3. The van der Waals surface area contributed by atoms with Crippen LogP contribution in [0.3, 0.4) is 0 Å². The Labute approximate surface area is 103 Å². The molecule has 0 aromatic heterocycles. The smallest absolute Gasteiger partial charge is 0.233 e. The third-order valence-electron chi connectivity index (χ3n) is 4.11. The van der Waals surface area contributed by atoms with Gasteiger partial charge in [0.05, 0.1) is 6.54 Å². The summed E-state index contributed by atoms with van der Waals surface area (Å²) in [5, 5.41) is 2.66. The van der Waals surface area contributed by atoms with Crippen molar-refractivity contribution >= 4 is 11.7 Å². The Kier molecular flexibility index (Phi) is 4.15. The molecule has 1 aliphatic heterocycles. The lowest BCUT2D eigenvalue weighted by molar-refractivity contribution is -0.128. The molecule has 0 bridgehead atoms. The van der Waals surface area contributed by atoms with Crippen LogP contribution < -0.4 is 5.32 Å². The van der Waals surface area contributed by atoms with E-state index < -0.39 is 0 Å². The largest absolute Gasteiger partial charge is 0.358 e. The van der Waals surface area contributed by atoms with Crippen LogP contribution in [0.4, 0.5) is 0 Å². The van der Waals surface area contributed by atoms with Crippen molar-refractivity contribution < 1.29 is 9.59 Å². The highest BCUT2D eigenvalue weighted by Crippen LogP contribution is 2.32. The van der Waals surface area contributed by atoms with Crippen LogP contribution in [0.1, 0.15) is 38.5 Å². The molecule has 2 atom stereocenters. The summed E-state index contributed by atoms with van der Waals surface area (Å²) in [5.41, 5.74) is 0. The predicted octanol–water partition coefficient (Wildman–Crippen LogP) is 0.956. The van der Waals surface area contributed by atoms with E-state index in [4.69, 9.17) is 0 Å². The van der Waals surface area contributed by atoms with Crippen molar-refractivity contribution in [1.29, 1.82) is 0 Å². The lowest BCUT2D eigenvalue weighted by Crippen LogP contribution is -2.44. The minimum absolute atomic E-state index is 0.0557. The third kappa shape index (κ3) is 2.86. The first-order chi connectivity index (χ1) is 8.22. The van der Waals surface area contributed by atoms with Gasteiger partial charge in [-0.15, -0.1) is 0 Å². The van der Waals surface area contributed by atoms with Gasteiger partial charge in [-0.3, -0.25) is 14.5 Å². The molecule has 1 amide bonds. The van der Waals surface area contributed by atoms with Gasteiger partial charge in [0.15, 0.2) is 0 Å². The van der Waals surface area contributed by atoms with Crippen molar-refractivity contribution in [3.8, 4) is 0 Å². The Hall–Kier alpha value is -0.900.